The normalized spacial score (nSPS) is 16.0. The molecule has 0 radical (unpaired) electrons. The fraction of sp³-hybridized carbons (Fsp3) is 0.167. The molecule has 1 saturated heterocycles. The number of furan rings is 1. The van der Waals surface area contributed by atoms with Crippen LogP contribution in [-0.4, -0.2) is 38.1 Å². The Hall–Kier alpha value is -3.13. The van der Waals surface area contributed by atoms with E-state index >= 15 is 0 Å². The number of rotatable bonds is 4. The molecule has 26 heavy (non-hydrogen) atoms. The molecule has 3 rings (SSSR count). The van der Waals surface area contributed by atoms with E-state index in [-0.39, 0.29) is 10.7 Å². The van der Waals surface area contributed by atoms with Crippen LogP contribution in [0.2, 0.25) is 0 Å². The number of nitrogens with one attached hydrogen (secondary N) is 1. The van der Waals surface area contributed by atoms with Gasteiger partial charge in [0, 0.05) is 20.2 Å². The third-order valence-corrected chi connectivity index (χ3v) is 4.06. The third-order valence-electron chi connectivity index (χ3n) is 3.77. The molecule has 0 aliphatic carbocycles. The van der Waals surface area contributed by atoms with Gasteiger partial charge in [0.05, 0.1) is 12.8 Å². The standard InChI is InChI=1S/C18H17N3O4S/c1-20(2)15-9-8-13(25-15)10-14-16(22)19-18(26)21(17(14)23)11-4-6-12(24-3)7-5-11/h4-10H,1-3H3,(H,19,22,26)/b14-10-. The molecule has 2 aromatic rings. The van der Waals surface area contributed by atoms with Crippen molar-refractivity contribution in [2.45, 2.75) is 0 Å². The van der Waals surface area contributed by atoms with Crippen molar-refractivity contribution in [2.24, 2.45) is 0 Å². The highest BCUT2D eigenvalue weighted by molar-refractivity contribution is 7.80. The third kappa shape index (κ3) is 3.31. The molecular formula is C18H17N3O4S. The largest absolute Gasteiger partial charge is 0.497 e. The molecule has 0 bridgehead atoms. The zero-order valence-electron chi connectivity index (χ0n) is 14.5. The predicted octanol–water partition coefficient (Wildman–Crippen LogP) is 2.19. The van der Waals surface area contributed by atoms with Crippen molar-refractivity contribution in [2.75, 3.05) is 31.0 Å². The fourth-order valence-corrected chi connectivity index (χ4v) is 2.71. The van der Waals surface area contributed by atoms with Crippen LogP contribution in [0.15, 0.2) is 46.4 Å². The Kier molecular flexibility index (Phi) is 4.77. The number of benzene rings is 1. The zero-order valence-corrected chi connectivity index (χ0v) is 15.3. The molecule has 1 aliphatic rings. The second-order valence-electron chi connectivity index (χ2n) is 5.73. The van der Waals surface area contributed by atoms with E-state index in [0.29, 0.717) is 23.1 Å². The van der Waals surface area contributed by atoms with Gasteiger partial charge >= 0.3 is 0 Å². The first kappa shape index (κ1) is 17.7. The summed E-state index contributed by atoms with van der Waals surface area (Å²) in [5.74, 6) is 0.577. The minimum Gasteiger partial charge on any atom is -0.497 e. The van der Waals surface area contributed by atoms with E-state index < -0.39 is 11.8 Å². The van der Waals surface area contributed by atoms with Gasteiger partial charge in [-0.05, 0) is 48.6 Å². The minimum atomic E-state index is -0.562. The van der Waals surface area contributed by atoms with Crippen LogP contribution in [0.3, 0.4) is 0 Å². The maximum absolute atomic E-state index is 12.9. The summed E-state index contributed by atoms with van der Waals surface area (Å²) in [5, 5.41) is 2.56. The molecule has 2 heterocycles. The van der Waals surface area contributed by atoms with Crippen molar-refractivity contribution < 1.29 is 18.7 Å². The molecule has 1 aliphatic heterocycles. The maximum atomic E-state index is 12.9. The zero-order chi connectivity index (χ0) is 18.8. The molecule has 1 N–H and O–H groups in total. The lowest BCUT2D eigenvalue weighted by Crippen LogP contribution is -2.54. The van der Waals surface area contributed by atoms with Crippen molar-refractivity contribution >= 4 is 46.8 Å². The second-order valence-corrected chi connectivity index (χ2v) is 6.11. The number of amides is 2. The lowest BCUT2D eigenvalue weighted by atomic mass is 10.1. The summed E-state index contributed by atoms with van der Waals surface area (Å²) in [6.07, 6.45) is 1.41. The average Bonchev–Trinajstić information content (AvgIpc) is 3.08. The highest BCUT2D eigenvalue weighted by Crippen LogP contribution is 2.25. The van der Waals surface area contributed by atoms with Gasteiger partial charge in [-0.2, -0.15) is 0 Å². The lowest BCUT2D eigenvalue weighted by molar-refractivity contribution is -0.122. The van der Waals surface area contributed by atoms with Gasteiger partial charge in [-0.15, -0.1) is 0 Å². The van der Waals surface area contributed by atoms with Gasteiger partial charge in [-0.3, -0.25) is 19.8 Å². The van der Waals surface area contributed by atoms with Crippen LogP contribution in [0, 0.1) is 0 Å². The first-order valence-electron chi connectivity index (χ1n) is 7.73. The summed E-state index contributed by atoms with van der Waals surface area (Å²) >= 11 is 5.16. The first-order valence-corrected chi connectivity index (χ1v) is 8.14. The second kappa shape index (κ2) is 7.01. The Morgan fingerprint density at radius 1 is 1.15 bits per heavy atom. The van der Waals surface area contributed by atoms with E-state index in [0.717, 1.165) is 0 Å². The van der Waals surface area contributed by atoms with E-state index in [9.17, 15) is 9.59 Å². The monoisotopic (exact) mass is 371 g/mol. The Labute approximate surface area is 155 Å². The Morgan fingerprint density at radius 3 is 2.42 bits per heavy atom. The molecule has 1 aromatic heterocycles. The molecule has 7 nitrogen and oxygen atoms in total. The van der Waals surface area contributed by atoms with E-state index in [1.165, 1.54) is 11.0 Å². The first-order chi connectivity index (χ1) is 12.4. The topological polar surface area (TPSA) is 75.0 Å². The highest BCUT2D eigenvalue weighted by Gasteiger charge is 2.34. The van der Waals surface area contributed by atoms with Crippen molar-refractivity contribution in [3.63, 3.8) is 0 Å². The molecule has 1 fully saturated rings. The molecule has 1 aromatic carbocycles. The molecule has 0 atom stereocenters. The summed E-state index contributed by atoms with van der Waals surface area (Å²) in [6, 6.07) is 10.2. The van der Waals surface area contributed by atoms with Crippen molar-refractivity contribution in [3.05, 3.63) is 47.7 Å². The Balaban J connectivity index is 1.95. The van der Waals surface area contributed by atoms with Gasteiger partial charge in [0.25, 0.3) is 11.8 Å². The molecule has 2 amide bonds. The predicted molar refractivity (Wildman–Crippen MR) is 102 cm³/mol. The summed E-state index contributed by atoms with van der Waals surface area (Å²) in [7, 11) is 5.22. The highest BCUT2D eigenvalue weighted by atomic mass is 32.1. The average molecular weight is 371 g/mol. The molecular weight excluding hydrogens is 354 g/mol. The van der Waals surface area contributed by atoms with E-state index in [1.54, 1.807) is 48.4 Å². The molecule has 8 heteroatoms. The Morgan fingerprint density at radius 2 is 1.85 bits per heavy atom. The summed E-state index contributed by atoms with van der Waals surface area (Å²) in [5.41, 5.74) is 0.467. The summed E-state index contributed by atoms with van der Waals surface area (Å²) in [4.78, 5) is 28.2. The summed E-state index contributed by atoms with van der Waals surface area (Å²) < 4.78 is 10.7. The van der Waals surface area contributed by atoms with Crippen molar-refractivity contribution in [1.82, 2.24) is 5.32 Å². The van der Waals surface area contributed by atoms with Gasteiger partial charge in [0.15, 0.2) is 11.0 Å². The molecule has 134 valence electrons. The van der Waals surface area contributed by atoms with Crippen LogP contribution in [0.4, 0.5) is 11.6 Å². The number of hydrogen-bond acceptors (Lipinski definition) is 6. The number of thiocarbonyl (C=S) groups is 1. The smallest absolute Gasteiger partial charge is 0.270 e. The van der Waals surface area contributed by atoms with E-state index in [4.69, 9.17) is 21.4 Å². The van der Waals surface area contributed by atoms with Crippen LogP contribution in [0.5, 0.6) is 5.75 Å². The SMILES string of the molecule is COc1ccc(N2C(=O)/C(=C\c3ccc(N(C)C)o3)C(=O)NC2=S)cc1. The number of ether oxygens (including phenoxy) is 1. The van der Waals surface area contributed by atoms with Crippen LogP contribution >= 0.6 is 12.2 Å². The van der Waals surface area contributed by atoms with Gasteiger partial charge in [0.2, 0.25) is 0 Å². The van der Waals surface area contributed by atoms with Crippen LogP contribution < -0.4 is 19.9 Å². The number of anilines is 2. The van der Waals surface area contributed by atoms with Crippen molar-refractivity contribution in [3.8, 4) is 5.75 Å². The minimum absolute atomic E-state index is 0.0238. The van der Waals surface area contributed by atoms with E-state index in [2.05, 4.69) is 5.32 Å². The van der Waals surface area contributed by atoms with E-state index in [1.807, 2.05) is 14.1 Å². The van der Waals surface area contributed by atoms with Gasteiger partial charge in [-0.1, -0.05) is 0 Å². The number of hydrogen-bond donors (Lipinski definition) is 1. The molecule has 0 saturated carbocycles. The van der Waals surface area contributed by atoms with Crippen LogP contribution in [0.1, 0.15) is 5.76 Å². The van der Waals surface area contributed by atoms with Crippen LogP contribution in [-0.2, 0) is 9.59 Å². The van der Waals surface area contributed by atoms with Gasteiger partial charge in [0.1, 0.15) is 17.1 Å². The molecule has 0 spiro atoms. The number of carbonyl (C=O) groups is 2. The Bertz CT molecular complexity index is 899. The summed E-state index contributed by atoms with van der Waals surface area (Å²) in [6.45, 7) is 0. The number of methoxy groups -OCH3 is 1. The fourth-order valence-electron chi connectivity index (χ4n) is 2.43. The number of nitrogens with zero attached hydrogens (tertiary/aromatic N) is 2. The van der Waals surface area contributed by atoms with Crippen molar-refractivity contribution in [1.29, 1.82) is 0 Å². The maximum Gasteiger partial charge on any atom is 0.270 e. The van der Waals surface area contributed by atoms with Gasteiger partial charge in [-0.25, -0.2) is 0 Å². The number of carbonyl (C=O) groups excluding carboxylic acids is 2. The molecule has 0 unspecified atom stereocenters. The quantitative estimate of drug-likeness (QED) is 0.504. The van der Waals surface area contributed by atoms with Crippen LogP contribution in [0.25, 0.3) is 6.08 Å². The lowest BCUT2D eigenvalue weighted by Gasteiger charge is -2.28. The van der Waals surface area contributed by atoms with Gasteiger partial charge < -0.3 is 14.1 Å².